The van der Waals surface area contributed by atoms with Crippen LogP contribution >= 0.6 is 0 Å². The molecule has 0 aliphatic heterocycles. The zero-order chi connectivity index (χ0) is 20.4. The third-order valence-corrected chi connectivity index (χ3v) is 4.31. The number of amides is 1. The maximum absolute atomic E-state index is 11.6. The minimum absolute atomic E-state index is 0.257. The number of carbonyl (C=O) groups excluding carboxylic acids is 1. The molecule has 11 heteroatoms. The van der Waals surface area contributed by atoms with Crippen molar-refractivity contribution in [1.82, 2.24) is 24.6 Å². The van der Waals surface area contributed by atoms with Gasteiger partial charge in [-0.15, -0.1) is 0 Å². The molecule has 0 aliphatic rings. The molecule has 0 bridgehead atoms. The first-order valence-electron chi connectivity index (χ1n) is 8.68. The van der Waals surface area contributed by atoms with Crippen LogP contribution in [-0.4, -0.2) is 47.6 Å². The highest BCUT2D eigenvalue weighted by Crippen LogP contribution is 2.22. The van der Waals surface area contributed by atoms with Gasteiger partial charge in [0.05, 0.1) is 17.3 Å². The largest absolute Gasteiger partial charge is 0.488 e. The standard InChI is InChI=1S/C18H16BN7O3/c20-16(27)15-6-2-5-14-13(9-24-26(14)15)17-22-10-23-18(25-17)21-8-11-3-1-4-12(7-11)19(28)29/h1-7,9-10,28-29H,8H2,(H2,20,27)(H,21,22,23,25). The fraction of sp³-hybridized carbons (Fsp3) is 0.0556. The predicted molar refractivity (Wildman–Crippen MR) is 106 cm³/mol. The Bertz CT molecular complexity index is 1200. The lowest BCUT2D eigenvalue weighted by Crippen LogP contribution is -2.30. The molecule has 0 unspecified atom stereocenters. The number of rotatable bonds is 6. The van der Waals surface area contributed by atoms with Gasteiger partial charge in [0.1, 0.15) is 12.0 Å². The van der Waals surface area contributed by atoms with Crippen LogP contribution in [-0.2, 0) is 6.54 Å². The number of hydrogen-bond acceptors (Lipinski definition) is 8. The Hall–Kier alpha value is -3.83. The van der Waals surface area contributed by atoms with E-state index in [1.165, 1.54) is 10.8 Å². The molecule has 4 rings (SSSR count). The van der Waals surface area contributed by atoms with Gasteiger partial charge in [-0.1, -0.05) is 30.3 Å². The van der Waals surface area contributed by atoms with Crippen molar-refractivity contribution in [2.45, 2.75) is 6.54 Å². The van der Waals surface area contributed by atoms with E-state index in [1.807, 2.05) is 6.07 Å². The highest BCUT2D eigenvalue weighted by molar-refractivity contribution is 6.58. The molecule has 0 aliphatic carbocycles. The number of aromatic nitrogens is 5. The van der Waals surface area contributed by atoms with E-state index in [0.717, 1.165) is 5.56 Å². The molecule has 1 amide bonds. The van der Waals surface area contributed by atoms with Crippen molar-refractivity contribution < 1.29 is 14.8 Å². The van der Waals surface area contributed by atoms with Gasteiger partial charge < -0.3 is 21.1 Å². The zero-order valence-electron chi connectivity index (χ0n) is 15.1. The van der Waals surface area contributed by atoms with E-state index in [-0.39, 0.29) is 5.69 Å². The summed E-state index contributed by atoms with van der Waals surface area (Å²) in [7, 11) is -1.53. The lowest BCUT2D eigenvalue weighted by atomic mass is 9.80. The molecule has 3 aromatic heterocycles. The van der Waals surface area contributed by atoms with Crippen LogP contribution in [0.4, 0.5) is 5.95 Å². The summed E-state index contributed by atoms with van der Waals surface area (Å²) in [6, 6.07) is 12.0. The van der Waals surface area contributed by atoms with Crippen LogP contribution in [0.1, 0.15) is 16.1 Å². The SMILES string of the molecule is NC(=O)c1cccc2c(-c3ncnc(NCc4cccc(B(O)O)c4)n3)cnn12. The number of nitrogens with two attached hydrogens (primary N) is 1. The first-order valence-corrected chi connectivity index (χ1v) is 8.68. The molecule has 29 heavy (non-hydrogen) atoms. The summed E-state index contributed by atoms with van der Waals surface area (Å²) >= 11 is 0. The van der Waals surface area contributed by atoms with Crippen LogP contribution in [0.3, 0.4) is 0 Å². The summed E-state index contributed by atoms with van der Waals surface area (Å²) in [6.07, 6.45) is 2.94. The number of fused-ring (bicyclic) bond motifs is 1. The van der Waals surface area contributed by atoms with E-state index in [0.29, 0.717) is 34.9 Å². The van der Waals surface area contributed by atoms with Gasteiger partial charge in [-0.05, 0) is 23.2 Å². The maximum Gasteiger partial charge on any atom is 0.488 e. The number of anilines is 1. The second-order valence-corrected chi connectivity index (χ2v) is 6.24. The van der Waals surface area contributed by atoms with Crippen molar-refractivity contribution in [2.75, 3.05) is 5.32 Å². The normalized spacial score (nSPS) is 10.8. The zero-order valence-corrected chi connectivity index (χ0v) is 15.1. The molecule has 0 spiro atoms. The van der Waals surface area contributed by atoms with Crippen molar-refractivity contribution in [2.24, 2.45) is 5.73 Å². The number of carbonyl (C=O) groups is 1. The van der Waals surface area contributed by atoms with Crippen LogP contribution in [0.25, 0.3) is 16.9 Å². The van der Waals surface area contributed by atoms with Crippen LogP contribution in [0, 0.1) is 0 Å². The molecular weight excluding hydrogens is 373 g/mol. The lowest BCUT2D eigenvalue weighted by molar-refractivity contribution is 0.0993. The fourth-order valence-corrected chi connectivity index (χ4v) is 2.93. The van der Waals surface area contributed by atoms with Gasteiger partial charge in [0.25, 0.3) is 5.91 Å². The summed E-state index contributed by atoms with van der Waals surface area (Å²) in [4.78, 5) is 24.3. The molecule has 0 saturated heterocycles. The Balaban J connectivity index is 1.60. The van der Waals surface area contributed by atoms with Crippen molar-refractivity contribution in [1.29, 1.82) is 0 Å². The fourth-order valence-electron chi connectivity index (χ4n) is 2.93. The van der Waals surface area contributed by atoms with Crippen LogP contribution < -0.4 is 16.5 Å². The predicted octanol–water partition coefficient (Wildman–Crippen LogP) is -0.423. The summed E-state index contributed by atoms with van der Waals surface area (Å²) in [6.45, 7) is 0.380. The number of pyridine rings is 1. The van der Waals surface area contributed by atoms with Crippen molar-refractivity contribution in [3.8, 4) is 11.4 Å². The molecule has 0 fully saturated rings. The molecule has 3 heterocycles. The van der Waals surface area contributed by atoms with Gasteiger partial charge in [0.15, 0.2) is 5.82 Å². The summed E-state index contributed by atoms with van der Waals surface area (Å²) in [5.41, 5.74) is 8.15. The Morgan fingerprint density at radius 2 is 2.00 bits per heavy atom. The van der Waals surface area contributed by atoms with E-state index >= 15 is 0 Å². The number of nitrogens with zero attached hydrogens (tertiary/aromatic N) is 5. The van der Waals surface area contributed by atoms with E-state index in [9.17, 15) is 14.8 Å². The topological polar surface area (TPSA) is 152 Å². The van der Waals surface area contributed by atoms with E-state index in [2.05, 4.69) is 25.4 Å². The average Bonchev–Trinajstić information content (AvgIpc) is 3.17. The third-order valence-electron chi connectivity index (χ3n) is 4.31. The molecule has 10 nitrogen and oxygen atoms in total. The molecule has 5 N–H and O–H groups in total. The summed E-state index contributed by atoms with van der Waals surface area (Å²) in [5.74, 6) is 0.146. The smallest absolute Gasteiger partial charge is 0.423 e. The summed E-state index contributed by atoms with van der Waals surface area (Å²) in [5, 5.41) is 25.9. The molecular formula is C18H16BN7O3. The van der Waals surface area contributed by atoms with Crippen molar-refractivity contribution in [3.63, 3.8) is 0 Å². The minimum atomic E-state index is -1.53. The highest BCUT2D eigenvalue weighted by atomic mass is 16.4. The second kappa shape index (κ2) is 7.66. The number of primary amides is 1. The van der Waals surface area contributed by atoms with Gasteiger partial charge in [-0.3, -0.25) is 4.79 Å². The summed E-state index contributed by atoms with van der Waals surface area (Å²) < 4.78 is 1.44. The van der Waals surface area contributed by atoms with Crippen LogP contribution in [0.5, 0.6) is 0 Å². The molecule has 0 saturated carbocycles. The average molecular weight is 389 g/mol. The van der Waals surface area contributed by atoms with E-state index in [4.69, 9.17) is 5.73 Å². The Morgan fingerprint density at radius 1 is 1.17 bits per heavy atom. The number of nitrogens with one attached hydrogen (secondary N) is 1. The molecule has 1 aromatic carbocycles. The Morgan fingerprint density at radius 3 is 2.79 bits per heavy atom. The molecule has 0 atom stereocenters. The monoisotopic (exact) mass is 389 g/mol. The maximum atomic E-state index is 11.6. The van der Waals surface area contributed by atoms with Crippen molar-refractivity contribution >= 4 is 30.0 Å². The van der Waals surface area contributed by atoms with Crippen LogP contribution in [0.15, 0.2) is 55.0 Å². The van der Waals surface area contributed by atoms with Gasteiger partial charge in [0, 0.05) is 6.54 Å². The van der Waals surface area contributed by atoms with Gasteiger partial charge in [-0.2, -0.15) is 10.1 Å². The quantitative estimate of drug-likeness (QED) is 0.325. The molecule has 4 aromatic rings. The van der Waals surface area contributed by atoms with E-state index in [1.54, 1.807) is 42.6 Å². The van der Waals surface area contributed by atoms with Crippen LogP contribution in [0.2, 0.25) is 0 Å². The molecule has 0 radical (unpaired) electrons. The van der Waals surface area contributed by atoms with Crippen molar-refractivity contribution in [3.05, 3.63) is 66.2 Å². The second-order valence-electron chi connectivity index (χ2n) is 6.24. The third kappa shape index (κ3) is 3.77. The number of benzene rings is 1. The first-order chi connectivity index (χ1) is 14.0. The molecule has 144 valence electrons. The Labute approximate surface area is 165 Å². The van der Waals surface area contributed by atoms with Gasteiger partial charge in [-0.25, -0.2) is 14.5 Å². The highest BCUT2D eigenvalue weighted by Gasteiger charge is 2.15. The Kier molecular flexibility index (Phi) is 4.89. The van der Waals surface area contributed by atoms with Gasteiger partial charge >= 0.3 is 7.12 Å². The first kappa shape index (κ1) is 18.5. The van der Waals surface area contributed by atoms with Gasteiger partial charge in [0.2, 0.25) is 5.95 Å². The van der Waals surface area contributed by atoms with E-state index < -0.39 is 13.0 Å². The lowest BCUT2D eigenvalue weighted by Gasteiger charge is -2.07. The number of hydrogen-bond donors (Lipinski definition) is 4. The minimum Gasteiger partial charge on any atom is -0.423 e.